The first-order chi connectivity index (χ1) is 8.06. The van der Waals surface area contributed by atoms with Crippen molar-refractivity contribution in [3.63, 3.8) is 0 Å². The van der Waals surface area contributed by atoms with E-state index in [4.69, 9.17) is 15.1 Å². The van der Waals surface area contributed by atoms with Gasteiger partial charge in [0, 0.05) is 0 Å². The molecule has 0 atom stereocenters. The Balaban J connectivity index is 2.70. The molecule has 1 heterocycles. The van der Waals surface area contributed by atoms with Gasteiger partial charge in [0.2, 0.25) is 0 Å². The van der Waals surface area contributed by atoms with Crippen LogP contribution < -0.4 is 5.73 Å². The summed E-state index contributed by atoms with van der Waals surface area (Å²) < 4.78 is 10.1. The zero-order chi connectivity index (χ0) is 12.9. The Bertz CT molecular complexity index is 288. The smallest absolute Gasteiger partial charge is 0.323 e. The van der Waals surface area contributed by atoms with Crippen LogP contribution in [0.5, 0.6) is 0 Å². The van der Waals surface area contributed by atoms with Gasteiger partial charge >= 0.3 is 11.9 Å². The van der Waals surface area contributed by atoms with Crippen molar-refractivity contribution in [1.82, 2.24) is 0 Å². The molecule has 1 aliphatic heterocycles. The highest BCUT2D eigenvalue weighted by Gasteiger charge is 2.50. The number of rotatable bonds is 5. The number of carboxylic acid groups (broad SMARTS) is 1. The molecule has 0 unspecified atom stereocenters. The molecule has 0 aromatic rings. The maximum atomic E-state index is 11.8. The Morgan fingerprint density at radius 2 is 2.00 bits per heavy atom. The van der Waals surface area contributed by atoms with Crippen molar-refractivity contribution < 1.29 is 24.1 Å². The summed E-state index contributed by atoms with van der Waals surface area (Å²) in [5.41, 5.74) is 3.87. The van der Waals surface area contributed by atoms with Gasteiger partial charge in [-0.25, -0.2) is 0 Å². The third-order valence-electron chi connectivity index (χ3n) is 3.19. The number of aliphatic carboxylic acids is 1. The van der Waals surface area contributed by atoms with Crippen LogP contribution in [0.3, 0.4) is 0 Å². The van der Waals surface area contributed by atoms with E-state index in [2.05, 4.69) is 0 Å². The van der Waals surface area contributed by atoms with E-state index in [0.717, 1.165) is 0 Å². The molecule has 0 amide bonds. The summed E-state index contributed by atoms with van der Waals surface area (Å²) in [7, 11) is 0. The van der Waals surface area contributed by atoms with Crippen LogP contribution in [0, 0.1) is 5.41 Å². The highest BCUT2D eigenvalue weighted by atomic mass is 16.5. The van der Waals surface area contributed by atoms with Gasteiger partial charge < -0.3 is 20.2 Å². The molecule has 1 fully saturated rings. The first-order valence-corrected chi connectivity index (χ1v) is 5.79. The molecule has 0 aliphatic carbocycles. The molecule has 0 bridgehead atoms. The molecule has 0 saturated carbocycles. The van der Waals surface area contributed by atoms with Gasteiger partial charge in [-0.1, -0.05) is 0 Å². The van der Waals surface area contributed by atoms with Crippen molar-refractivity contribution in [2.24, 2.45) is 11.1 Å². The lowest BCUT2D eigenvalue weighted by Gasteiger charge is -2.32. The zero-order valence-electron chi connectivity index (χ0n) is 9.98. The molecule has 17 heavy (non-hydrogen) atoms. The SMILES string of the molecule is CCOC(=O)C1(C(=O)O)CCB(OCN)CC1. The quantitative estimate of drug-likeness (QED) is 0.312. The number of esters is 1. The Morgan fingerprint density at radius 1 is 1.41 bits per heavy atom. The summed E-state index contributed by atoms with van der Waals surface area (Å²) in [4.78, 5) is 23.0. The fourth-order valence-corrected chi connectivity index (χ4v) is 2.16. The summed E-state index contributed by atoms with van der Waals surface area (Å²) in [5.74, 6) is -1.75. The van der Waals surface area contributed by atoms with E-state index in [9.17, 15) is 14.7 Å². The van der Waals surface area contributed by atoms with Gasteiger partial charge in [-0.15, -0.1) is 0 Å². The monoisotopic (exact) mass is 243 g/mol. The standard InChI is InChI=1S/C10H18BNO5/c1-2-16-9(15)10(8(13)14)3-5-11(6-4-10)17-7-12/h2-7,12H2,1H3,(H,13,14). The fraction of sp³-hybridized carbons (Fsp3) is 0.800. The minimum absolute atomic E-state index is 0.0538. The number of ether oxygens (including phenoxy) is 1. The average Bonchev–Trinajstić information content (AvgIpc) is 2.30. The Kier molecular flexibility index (Phi) is 4.95. The molecular weight excluding hydrogens is 225 g/mol. The van der Waals surface area contributed by atoms with Crippen molar-refractivity contribution in [3.8, 4) is 0 Å². The van der Waals surface area contributed by atoms with Crippen LogP contribution >= 0.6 is 0 Å². The third-order valence-corrected chi connectivity index (χ3v) is 3.19. The number of carbonyl (C=O) groups is 2. The number of nitrogens with two attached hydrogens (primary N) is 1. The topological polar surface area (TPSA) is 98.9 Å². The van der Waals surface area contributed by atoms with E-state index in [1.807, 2.05) is 0 Å². The highest BCUT2D eigenvalue weighted by Crippen LogP contribution is 2.38. The lowest BCUT2D eigenvalue weighted by atomic mass is 9.50. The van der Waals surface area contributed by atoms with E-state index in [-0.39, 0.29) is 33.1 Å². The number of hydrogen-bond acceptors (Lipinski definition) is 5. The summed E-state index contributed by atoms with van der Waals surface area (Å²) >= 11 is 0. The van der Waals surface area contributed by atoms with Gasteiger partial charge in [-0.05, 0) is 32.4 Å². The number of carboxylic acids is 1. The molecule has 3 N–H and O–H groups in total. The van der Waals surface area contributed by atoms with E-state index in [1.165, 1.54) is 0 Å². The molecule has 6 nitrogen and oxygen atoms in total. The van der Waals surface area contributed by atoms with Gasteiger partial charge in [0.05, 0.1) is 13.3 Å². The van der Waals surface area contributed by atoms with E-state index in [1.54, 1.807) is 6.92 Å². The first kappa shape index (κ1) is 14.0. The highest BCUT2D eigenvalue weighted by molar-refractivity contribution is 6.52. The molecule has 96 valence electrons. The Hall–Kier alpha value is -1.08. The molecule has 1 saturated heterocycles. The summed E-state index contributed by atoms with van der Waals surface area (Å²) in [5, 5.41) is 9.24. The van der Waals surface area contributed by atoms with Gasteiger partial charge in [0.15, 0.2) is 5.41 Å². The van der Waals surface area contributed by atoms with Crippen LogP contribution in [0.1, 0.15) is 19.8 Å². The van der Waals surface area contributed by atoms with Crippen LogP contribution in [0.25, 0.3) is 0 Å². The number of hydrogen-bond donors (Lipinski definition) is 2. The summed E-state index contributed by atoms with van der Waals surface area (Å²) in [6, 6.07) is 0. The summed E-state index contributed by atoms with van der Waals surface area (Å²) in [6.07, 6.45) is 1.52. The van der Waals surface area contributed by atoms with Crippen molar-refractivity contribution in [2.75, 3.05) is 13.3 Å². The Morgan fingerprint density at radius 3 is 2.41 bits per heavy atom. The normalized spacial score (nSPS) is 18.8. The fourth-order valence-electron chi connectivity index (χ4n) is 2.16. The van der Waals surface area contributed by atoms with Crippen LogP contribution in [-0.4, -0.2) is 37.3 Å². The Labute approximate surface area is 101 Å². The van der Waals surface area contributed by atoms with E-state index in [0.29, 0.717) is 12.6 Å². The average molecular weight is 243 g/mol. The second-order valence-corrected chi connectivity index (χ2v) is 4.14. The largest absolute Gasteiger partial charge is 0.480 e. The minimum atomic E-state index is -1.40. The van der Waals surface area contributed by atoms with Crippen molar-refractivity contribution in [3.05, 3.63) is 0 Å². The van der Waals surface area contributed by atoms with Crippen LogP contribution in [0.4, 0.5) is 0 Å². The lowest BCUT2D eigenvalue weighted by molar-refractivity contribution is -0.169. The van der Waals surface area contributed by atoms with Crippen LogP contribution in [0.2, 0.25) is 12.6 Å². The molecular formula is C10H18BNO5. The summed E-state index contributed by atoms with van der Waals surface area (Å²) in [6.45, 7) is 1.92. The first-order valence-electron chi connectivity index (χ1n) is 5.79. The van der Waals surface area contributed by atoms with Gasteiger partial charge in [-0.3, -0.25) is 9.59 Å². The molecule has 0 radical (unpaired) electrons. The van der Waals surface area contributed by atoms with Crippen molar-refractivity contribution in [2.45, 2.75) is 32.4 Å². The van der Waals surface area contributed by atoms with Crippen LogP contribution in [-0.2, 0) is 19.0 Å². The van der Waals surface area contributed by atoms with Crippen LogP contribution in [0.15, 0.2) is 0 Å². The van der Waals surface area contributed by atoms with Crippen molar-refractivity contribution in [1.29, 1.82) is 0 Å². The molecule has 0 aromatic carbocycles. The maximum absolute atomic E-state index is 11.8. The van der Waals surface area contributed by atoms with E-state index < -0.39 is 17.4 Å². The molecule has 1 aliphatic rings. The van der Waals surface area contributed by atoms with E-state index >= 15 is 0 Å². The molecule has 1 rings (SSSR count). The third kappa shape index (κ3) is 2.98. The van der Waals surface area contributed by atoms with Gasteiger partial charge in [0.1, 0.15) is 0 Å². The molecule has 0 spiro atoms. The zero-order valence-corrected chi connectivity index (χ0v) is 9.98. The second kappa shape index (κ2) is 6.02. The lowest BCUT2D eigenvalue weighted by Crippen LogP contribution is -2.45. The number of carbonyl (C=O) groups excluding carboxylic acids is 1. The molecule has 7 heteroatoms. The minimum Gasteiger partial charge on any atom is -0.480 e. The predicted octanol–water partition coefficient (Wildman–Crippen LogP) is 0.339. The van der Waals surface area contributed by atoms with Crippen molar-refractivity contribution >= 4 is 18.9 Å². The van der Waals surface area contributed by atoms with Gasteiger partial charge in [0.25, 0.3) is 6.92 Å². The maximum Gasteiger partial charge on any atom is 0.323 e. The predicted molar refractivity (Wildman–Crippen MR) is 61.4 cm³/mol. The second-order valence-electron chi connectivity index (χ2n) is 4.14. The van der Waals surface area contributed by atoms with Gasteiger partial charge in [-0.2, -0.15) is 0 Å². The molecule has 0 aromatic heterocycles.